The molecule has 0 bridgehead atoms. The quantitative estimate of drug-likeness (QED) is 0.350. The molecule has 0 atom stereocenters. The Balaban J connectivity index is 1.72. The monoisotopic (exact) mass is 441 g/mol. The summed E-state index contributed by atoms with van der Waals surface area (Å²) in [6, 6.07) is 3.12. The van der Waals surface area contributed by atoms with Crippen molar-refractivity contribution in [3.8, 4) is 0 Å². The van der Waals surface area contributed by atoms with E-state index in [0.29, 0.717) is 55.9 Å². The number of piperidine rings is 1. The van der Waals surface area contributed by atoms with E-state index in [2.05, 4.69) is 5.32 Å². The van der Waals surface area contributed by atoms with Gasteiger partial charge in [0.2, 0.25) is 0 Å². The normalized spacial score (nSPS) is 15.2. The molecule has 1 aliphatic heterocycles. The van der Waals surface area contributed by atoms with Crippen molar-refractivity contribution in [3.05, 3.63) is 32.8 Å². The van der Waals surface area contributed by atoms with Crippen molar-refractivity contribution in [1.29, 1.82) is 0 Å². The van der Waals surface area contributed by atoms with Crippen LogP contribution >= 0.6 is 11.6 Å². The fraction of sp³-hybridized carbons (Fsp3) is 0.667. The van der Waals surface area contributed by atoms with Gasteiger partial charge in [0.15, 0.2) is 0 Å². The maximum Gasteiger partial charge on any atom is 0.410 e. The lowest BCUT2D eigenvalue weighted by Gasteiger charge is -2.33. The third-order valence-electron chi connectivity index (χ3n) is 4.92. The van der Waals surface area contributed by atoms with Gasteiger partial charge >= 0.3 is 6.09 Å². The van der Waals surface area contributed by atoms with Gasteiger partial charge in [0, 0.05) is 32.3 Å². The lowest BCUT2D eigenvalue weighted by atomic mass is 9.98. The van der Waals surface area contributed by atoms with E-state index in [-0.39, 0.29) is 11.8 Å². The molecule has 1 amide bonds. The average Bonchev–Trinajstić information content (AvgIpc) is 2.67. The van der Waals surface area contributed by atoms with Crippen LogP contribution in [-0.2, 0) is 15.9 Å². The van der Waals surface area contributed by atoms with Crippen LogP contribution in [0.25, 0.3) is 0 Å². The van der Waals surface area contributed by atoms with E-state index in [1.807, 2.05) is 27.7 Å². The molecule has 1 aliphatic rings. The van der Waals surface area contributed by atoms with E-state index in [4.69, 9.17) is 21.1 Å². The molecule has 0 spiro atoms. The molecular formula is C21H32ClN3O5. The summed E-state index contributed by atoms with van der Waals surface area (Å²) in [5.41, 5.74) is 0.797. The van der Waals surface area contributed by atoms with Crippen LogP contribution < -0.4 is 5.32 Å². The number of nitro groups is 1. The minimum Gasteiger partial charge on any atom is -0.444 e. The van der Waals surface area contributed by atoms with E-state index in [1.54, 1.807) is 11.0 Å². The van der Waals surface area contributed by atoms with E-state index in [1.165, 1.54) is 6.07 Å². The molecule has 8 nitrogen and oxygen atoms in total. The van der Waals surface area contributed by atoms with Crippen molar-refractivity contribution >= 4 is 29.1 Å². The topological polar surface area (TPSA) is 93.9 Å². The molecule has 9 heteroatoms. The molecule has 1 aromatic carbocycles. The minimum absolute atomic E-state index is 0.0354. The van der Waals surface area contributed by atoms with Crippen molar-refractivity contribution in [2.75, 3.05) is 38.2 Å². The zero-order valence-corrected chi connectivity index (χ0v) is 19.0. The first-order valence-electron chi connectivity index (χ1n) is 10.4. The number of rotatable bonds is 8. The molecule has 1 heterocycles. The molecular weight excluding hydrogens is 410 g/mol. The summed E-state index contributed by atoms with van der Waals surface area (Å²) in [7, 11) is 0. The summed E-state index contributed by atoms with van der Waals surface area (Å²) in [5, 5.41) is 14.7. The molecule has 1 N–H and O–H groups in total. The van der Waals surface area contributed by atoms with Gasteiger partial charge in [0.25, 0.3) is 5.69 Å². The second-order valence-electron chi connectivity index (χ2n) is 8.48. The van der Waals surface area contributed by atoms with E-state index < -0.39 is 10.5 Å². The highest BCUT2D eigenvalue weighted by atomic mass is 35.5. The molecule has 0 saturated carbocycles. The largest absolute Gasteiger partial charge is 0.444 e. The number of carbonyl (C=O) groups excluding carboxylic acids is 1. The highest BCUT2D eigenvalue weighted by Crippen LogP contribution is 2.31. The first kappa shape index (κ1) is 24.2. The maximum atomic E-state index is 12.1. The number of amides is 1. The lowest BCUT2D eigenvalue weighted by Crippen LogP contribution is -2.42. The van der Waals surface area contributed by atoms with Crippen LogP contribution in [0.3, 0.4) is 0 Å². The van der Waals surface area contributed by atoms with Gasteiger partial charge in [-0.3, -0.25) is 10.1 Å². The fourth-order valence-corrected chi connectivity index (χ4v) is 3.58. The highest BCUT2D eigenvalue weighted by Gasteiger charge is 2.26. The van der Waals surface area contributed by atoms with Gasteiger partial charge < -0.3 is 19.7 Å². The average molecular weight is 442 g/mol. The molecule has 1 aromatic rings. The fourth-order valence-electron chi connectivity index (χ4n) is 3.29. The Hall–Kier alpha value is -2.06. The summed E-state index contributed by atoms with van der Waals surface area (Å²) in [6.07, 6.45) is 2.18. The Kier molecular flexibility index (Phi) is 8.73. The smallest absolute Gasteiger partial charge is 0.410 e. The number of hydrogen-bond donors (Lipinski definition) is 1. The molecule has 1 fully saturated rings. The molecule has 0 aromatic heterocycles. The number of benzene rings is 1. The van der Waals surface area contributed by atoms with Crippen LogP contribution in [-0.4, -0.2) is 54.4 Å². The Labute approximate surface area is 183 Å². The molecule has 0 unspecified atom stereocenters. The van der Waals surface area contributed by atoms with E-state index in [9.17, 15) is 14.9 Å². The lowest BCUT2D eigenvalue weighted by molar-refractivity contribution is -0.384. The molecule has 30 heavy (non-hydrogen) atoms. The third kappa shape index (κ3) is 7.32. The first-order valence-corrected chi connectivity index (χ1v) is 10.7. The highest BCUT2D eigenvalue weighted by molar-refractivity contribution is 6.31. The second-order valence-corrected chi connectivity index (χ2v) is 8.89. The predicted molar refractivity (Wildman–Crippen MR) is 117 cm³/mol. The third-order valence-corrected chi connectivity index (χ3v) is 5.28. The zero-order valence-electron chi connectivity index (χ0n) is 18.2. The number of nitrogens with zero attached hydrogens (tertiary/aromatic N) is 2. The van der Waals surface area contributed by atoms with Crippen LogP contribution in [0, 0.1) is 16.0 Å². The van der Waals surface area contributed by atoms with Crippen LogP contribution in [0.5, 0.6) is 0 Å². The Bertz CT molecular complexity index is 743. The van der Waals surface area contributed by atoms with Gasteiger partial charge in [-0.15, -0.1) is 0 Å². The van der Waals surface area contributed by atoms with Crippen molar-refractivity contribution in [3.63, 3.8) is 0 Å². The standard InChI is InChI=1S/C21H32ClN3O5/c1-5-16-12-18(19(25(27)28)13-17(16)22)23-8-11-29-14-15-6-9-24(10-7-15)20(26)30-21(2,3)4/h12-13,15,23H,5-11,14H2,1-4H3. The van der Waals surface area contributed by atoms with Crippen molar-refractivity contribution in [1.82, 2.24) is 4.90 Å². The SMILES string of the molecule is CCc1cc(NCCOCC2CCN(C(=O)OC(C)(C)C)CC2)c([N+](=O)[O-])cc1Cl. The number of carbonyl (C=O) groups is 1. The summed E-state index contributed by atoms with van der Waals surface area (Å²) >= 11 is 6.09. The van der Waals surface area contributed by atoms with Gasteiger partial charge in [-0.25, -0.2) is 4.79 Å². The number of nitrogens with one attached hydrogen (secondary N) is 1. The molecule has 0 radical (unpaired) electrons. The number of halogens is 1. The zero-order chi connectivity index (χ0) is 22.3. The summed E-state index contributed by atoms with van der Waals surface area (Å²) < 4.78 is 11.2. The van der Waals surface area contributed by atoms with Gasteiger partial charge in [0.05, 0.1) is 16.6 Å². The molecule has 1 saturated heterocycles. The van der Waals surface area contributed by atoms with Gasteiger partial charge in [-0.1, -0.05) is 18.5 Å². The minimum atomic E-state index is -0.485. The summed E-state index contributed by atoms with van der Waals surface area (Å²) in [4.78, 5) is 24.7. The summed E-state index contributed by atoms with van der Waals surface area (Å²) in [6.45, 7) is 10.4. The number of hydrogen-bond acceptors (Lipinski definition) is 6. The molecule has 2 rings (SSSR count). The van der Waals surface area contributed by atoms with Gasteiger partial charge in [0.1, 0.15) is 11.3 Å². The van der Waals surface area contributed by atoms with Crippen LogP contribution in [0.4, 0.5) is 16.2 Å². The maximum absolute atomic E-state index is 12.1. The Morgan fingerprint density at radius 2 is 2.00 bits per heavy atom. The number of nitro benzene ring substituents is 1. The van der Waals surface area contributed by atoms with Gasteiger partial charge in [-0.2, -0.15) is 0 Å². The van der Waals surface area contributed by atoms with Crippen LogP contribution in [0.1, 0.15) is 46.1 Å². The number of aryl methyl sites for hydroxylation is 1. The van der Waals surface area contributed by atoms with Crippen molar-refractivity contribution in [2.24, 2.45) is 5.92 Å². The first-order chi connectivity index (χ1) is 14.1. The predicted octanol–water partition coefficient (Wildman–Crippen LogP) is 4.89. The van der Waals surface area contributed by atoms with E-state index >= 15 is 0 Å². The number of anilines is 1. The molecule has 168 valence electrons. The Morgan fingerprint density at radius 1 is 1.33 bits per heavy atom. The van der Waals surface area contributed by atoms with Crippen LogP contribution in [0.2, 0.25) is 5.02 Å². The van der Waals surface area contributed by atoms with Crippen LogP contribution in [0.15, 0.2) is 12.1 Å². The summed E-state index contributed by atoms with van der Waals surface area (Å²) in [5.74, 6) is 0.389. The van der Waals surface area contributed by atoms with Crippen molar-refractivity contribution in [2.45, 2.75) is 52.6 Å². The number of ether oxygens (including phenoxy) is 2. The second kappa shape index (κ2) is 10.8. The van der Waals surface area contributed by atoms with E-state index in [0.717, 1.165) is 18.4 Å². The Morgan fingerprint density at radius 3 is 2.57 bits per heavy atom. The van der Waals surface area contributed by atoms with Crippen molar-refractivity contribution < 1.29 is 19.2 Å². The molecule has 0 aliphatic carbocycles. The number of likely N-dealkylation sites (tertiary alicyclic amines) is 1. The van der Waals surface area contributed by atoms with Gasteiger partial charge in [-0.05, 0) is 57.6 Å².